The lowest BCUT2D eigenvalue weighted by Gasteiger charge is -2.40. The molecule has 2 aliphatic rings. The van der Waals surface area contributed by atoms with Gasteiger partial charge in [0.2, 0.25) is 0 Å². The number of fused-ring (bicyclic) bond motifs is 9. The fourth-order valence-corrected chi connectivity index (χ4v) is 8.75. The molecule has 0 bridgehead atoms. The molecule has 11 rings (SSSR count). The molecule has 0 saturated heterocycles. The van der Waals surface area contributed by atoms with Crippen LogP contribution in [0.15, 0.2) is 194 Å². The third-order valence-electron chi connectivity index (χ3n) is 11.5. The topological polar surface area (TPSA) is 71.7 Å². The normalized spacial score (nSPS) is 12.7. The Morgan fingerprint density at radius 1 is 0.362 bits per heavy atom. The van der Waals surface area contributed by atoms with Crippen LogP contribution >= 0.6 is 0 Å². The molecule has 270 valence electrons. The lowest BCUT2D eigenvalue weighted by atomic mass is 9.65. The summed E-state index contributed by atoms with van der Waals surface area (Å²) in [5, 5.41) is 9.28. The molecule has 0 fully saturated rings. The molecule has 0 amide bonds. The van der Waals surface area contributed by atoms with Crippen LogP contribution in [-0.2, 0) is 5.41 Å². The highest BCUT2D eigenvalue weighted by Gasteiger charge is 2.51. The first-order valence-electron chi connectivity index (χ1n) is 19.3. The Balaban J connectivity index is 1.11. The fourth-order valence-electron chi connectivity index (χ4n) is 8.75. The second kappa shape index (κ2) is 13.4. The maximum absolute atomic E-state index is 9.28. The predicted molar refractivity (Wildman–Crippen MR) is 229 cm³/mol. The number of benzene rings is 8. The average molecular weight is 741 g/mol. The molecule has 2 heterocycles. The second-order valence-corrected chi connectivity index (χ2v) is 14.7. The molecular weight excluding hydrogens is 709 g/mol. The van der Waals surface area contributed by atoms with Crippen LogP contribution in [-0.4, -0.2) is 15.0 Å². The molecule has 1 aliphatic heterocycles. The molecule has 0 saturated carbocycles. The zero-order valence-corrected chi connectivity index (χ0v) is 31.2. The first kappa shape index (κ1) is 33.4. The molecule has 1 aromatic heterocycles. The number of hydrogen-bond donors (Lipinski definition) is 0. The van der Waals surface area contributed by atoms with Gasteiger partial charge in [-0.25, -0.2) is 15.0 Å². The number of hydrogen-bond acceptors (Lipinski definition) is 5. The number of aromatic nitrogens is 3. The summed E-state index contributed by atoms with van der Waals surface area (Å²) in [5.41, 5.74) is 14.0. The van der Waals surface area contributed by atoms with Crippen molar-refractivity contribution in [3.63, 3.8) is 0 Å². The van der Waals surface area contributed by atoms with E-state index in [2.05, 4.69) is 115 Å². The van der Waals surface area contributed by atoms with E-state index in [1.165, 1.54) is 22.3 Å². The van der Waals surface area contributed by atoms with Gasteiger partial charge in [0.1, 0.15) is 11.5 Å². The van der Waals surface area contributed by atoms with E-state index in [4.69, 9.17) is 19.7 Å². The van der Waals surface area contributed by atoms with Crippen molar-refractivity contribution in [2.24, 2.45) is 0 Å². The van der Waals surface area contributed by atoms with Crippen molar-refractivity contribution in [3.05, 3.63) is 222 Å². The first-order chi connectivity index (χ1) is 28.7. The smallest absolute Gasteiger partial charge is 0.164 e. The van der Waals surface area contributed by atoms with E-state index in [1.807, 2.05) is 84.9 Å². The van der Waals surface area contributed by atoms with Crippen molar-refractivity contribution in [2.45, 2.75) is 5.41 Å². The van der Waals surface area contributed by atoms with Gasteiger partial charge in [0.05, 0.1) is 17.0 Å². The molecule has 9 aromatic rings. The number of nitrogens with zero attached hydrogens (tertiary/aromatic N) is 4. The van der Waals surface area contributed by atoms with Crippen molar-refractivity contribution in [1.82, 2.24) is 15.0 Å². The molecule has 0 unspecified atom stereocenters. The zero-order chi connectivity index (χ0) is 38.6. The van der Waals surface area contributed by atoms with Crippen molar-refractivity contribution in [3.8, 4) is 85.1 Å². The van der Waals surface area contributed by atoms with Gasteiger partial charge in [-0.15, -0.1) is 0 Å². The van der Waals surface area contributed by atoms with Gasteiger partial charge in [-0.2, -0.15) is 5.26 Å². The van der Waals surface area contributed by atoms with Gasteiger partial charge in [-0.05, 0) is 87.0 Å². The number of nitriles is 1. The standard InChI is InChI=1S/C53H32N4O/c54-33-34-19-21-35(22-20-34)36-23-25-37(26-24-36)40-27-29-48-46(31-40)53(44-17-9-7-15-42(44)43-16-8-10-18-45(43)53)47-32-41(28-30-49(47)58-48)52-56-50(38-11-3-1-4-12-38)55-51(57-52)39-13-5-2-6-14-39/h1-32H. The molecule has 1 aliphatic carbocycles. The molecule has 5 nitrogen and oxygen atoms in total. The lowest BCUT2D eigenvalue weighted by molar-refractivity contribution is 0.436. The lowest BCUT2D eigenvalue weighted by Crippen LogP contribution is -2.32. The summed E-state index contributed by atoms with van der Waals surface area (Å²) in [7, 11) is 0. The fraction of sp³-hybridized carbons (Fsp3) is 0.0189. The number of ether oxygens (including phenoxy) is 1. The molecule has 5 heteroatoms. The Hall–Kier alpha value is -7.94. The summed E-state index contributed by atoms with van der Waals surface area (Å²) in [6.45, 7) is 0. The maximum atomic E-state index is 9.28. The summed E-state index contributed by atoms with van der Waals surface area (Å²) in [6.07, 6.45) is 0. The summed E-state index contributed by atoms with van der Waals surface area (Å²) in [5.74, 6) is 3.44. The highest BCUT2D eigenvalue weighted by Crippen LogP contribution is 2.62. The molecule has 0 atom stereocenters. The SMILES string of the molecule is N#Cc1ccc(-c2ccc(-c3ccc4c(c3)C3(c5cc(-c6nc(-c7ccccc7)nc(-c7ccccc7)n6)ccc5O4)c4ccccc4-c4ccccc43)cc2)cc1. The van der Waals surface area contributed by atoms with E-state index in [-0.39, 0.29) is 0 Å². The van der Waals surface area contributed by atoms with Gasteiger partial charge >= 0.3 is 0 Å². The zero-order valence-electron chi connectivity index (χ0n) is 31.2. The minimum Gasteiger partial charge on any atom is -0.457 e. The summed E-state index contributed by atoms with van der Waals surface area (Å²) < 4.78 is 6.88. The Morgan fingerprint density at radius 3 is 1.28 bits per heavy atom. The number of rotatable bonds is 5. The van der Waals surface area contributed by atoms with Crippen LogP contribution in [0.3, 0.4) is 0 Å². The first-order valence-corrected chi connectivity index (χ1v) is 19.3. The van der Waals surface area contributed by atoms with Crippen molar-refractivity contribution >= 4 is 0 Å². The van der Waals surface area contributed by atoms with Crippen LogP contribution in [0.5, 0.6) is 11.5 Å². The molecule has 8 aromatic carbocycles. The highest BCUT2D eigenvalue weighted by molar-refractivity contribution is 5.90. The molecule has 1 spiro atoms. The van der Waals surface area contributed by atoms with E-state index >= 15 is 0 Å². The molecule has 0 radical (unpaired) electrons. The van der Waals surface area contributed by atoms with Gasteiger partial charge < -0.3 is 4.74 Å². The quantitative estimate of drug-likeness (QED) is 0.176. The van der Waals surface area contributed by atoms with Crippen LogP contribution in [0.25, 0.3) is 67.5 Å². The minimum absolute atomic E-state index is 0.590. The third-order valence-corrected chi connectivity index (χ3v) is 11.5. The van der Waals surface area contributed by atoms with E-state index in [1.54, 1.807) is 0 Å². The summed E-state index contributed by atoms with van der Waals surface area (Å²) >= 11 is 0. The van der Waals surface area contributed by atoms with E-state index in [0.29, 0.717) is 23.0 Å². The highest BCUT2D eigenvalue weighted by atomic mass is 16.5. The van der Waals surface area contributed by atoms with Crippen molar-refractivity contribution in [1.29, 1.82) is 5.26 Å². The van der Waals surface area contributed by atoms with Crippen LogP contribution in [0.1, 0.15) is 27.8 Å². The van der Waals surface area contributed by atoms with Gasteiger partial charge in [0, 0.05) is 27.8 Å². The Bertz CT molecular complexity index is 2980. The van der Waals surface area contributed by atoms with Crippen LogP contribution in [0.2, 0.25) is 0 Å². The molecule has 58 heavy (non-hydrogen) atoms. The maximum Gasteiger partial charge on any atom is 0.164 e. The summed E-state index contributed by atoms with van der Waals surface area (Å²) in [4.78, 5) is 15.2. The Morgan fingerprint density at radius 2 is 0.759 bits per heavy atom. The monoisotopic (exact) mass is 740 g/mol. The Kier molecular flexibility index (Phi) is 7.70. The van der Waals surface area contributed by atoms with E-state index < -0.39 is 5.41 Å². The van der Waals surface area contributed by atoms with Gasteiger partial charge in [0.15, 0.2) is 17.5 Å². The molecule has 0 N–H and O–H groups in total. The average Bonchev–Trinajstić information content (AvgIpc) is 3.60. The van der Waals surface area contributed by atoms with Crippen molar-refractivity contribution < 1.29 is 4.74 Å². The van der Waals surface area contributed by atoms with Crippen LogP contribution < -0.4 is 4.74 Å². The van der Waals surface area contributed by atoms with Crippen molar-refractivity contribution in [2.75, 3.05) is 0 Å². The minimum atomic E-state index is -0.692. The largest absolute Gasteiger partial charge is 0.457 e. The van der Waals surface area contributed by atoms with Gasteiger partial charge in [0.25, 0.3) is 0 Å². The van der Waals surface area contributed by atoms with E-state index in [9.17, 15) is 5.26 Å². The molecular formula is C53H32N4O. The summed E-state index contributed by atoms with van der Waals surface area (Å²) in [6, 6.07) is 69.2. The van der Waals surface area contributed by atoms with Gasteiger partial charge in [-0.1, -0.05) is 152 Å². The van der Waals surface area contributed by atoms with Gasteiger partial charge in [-0.3, -0.25) is 0 Å². The third kappa shape index (κ3) is 5.27. The second-order valence-electron chi connectivity index (χ2n) is 14.7. The van der Waals surface area contributed by atoms with Crippen LogP contribution in [0.4, 0.5) is 0 Å². The predicted octanol–water partition coefficient (Wildman–Crippen LogP) is 12.5. The Labute approximate surface area is 336 Å². The van der Waals surface area contributed by atoms with E-state index in [0.717, 1.165) is 61.6 Å². The van der Waals surface area contributed by atoms with Crippen LogP contribution in [0, 0.1) is 11.3 Å².